The van der Waals surface area contributed by atoms with Gasteiger partial charge in [-0.2, -0.15) is 0 Å². The summed E-state index contributed by atoms with van der Waals surface area (Å²) < 4.78 is 0. The third-order valence-corrected chi connectivity index (χ3v) is 0. The quantitative estimate of drug-likeness (QED) is 0.390. The van der Waals surface area contributed by atoms with Crippen molar-refractivity contribution >= 4 is 106 Å². The number of rotatable bonds is 0. The van der Waals surface area contributed by atoms with Crippen molar-refractivity contribution in [1.82, 2.24) is 0 Å². The Morgan fingerprint density at radius 3 is 1.00 bits per heavy atom. The van der Waals surface area contributed by atoms with Gasteiger partial charge >= 0.3 is 89.1 Å². The molecule has 0 saturated carbocycles. The van der Waals surface area contributed by atoms with Gasteiger partial charge in [-0.25, -0.2) is 0 Å². The first-order valence-electron chi connectivity index (χ1n) is 0. The van der Waals surface area contributed by atoms with Gasteiger partial charge in [0.05, 0.1) is 0 Å². The van der Waals surface area contributed by atoms with Crippen LogP contribution in [0.5, 0.6) is 0 Å². The van der Waals surface area contributed by atoms with Gasteiger partial charge in [-0.05, 0) is 0 Å². The molecule has 0 radical (unpaired) electrons. The predicted molar refractivity (Wildman–Crippen MR) is 25.6 cm³/mol. The summed E-state index contributed by atoms with van der Waals surface area (Å²) >= 11 is 0. The van der Waals surface area contributed by atoms with E-state index in [1.165, 1.54) is 0 Å². The first-order chi connectivity index (χ1) is 0. The first kappa shape index (κ1) is 34.1. The molecular formula is H6AlCaCrKNi. The van der Waals surface area contributed by atoms with E-state index in [4.69, 9.17) is 0 Å². The zero-order chi connectivity index (χ0) is 0. The van der Waals surface area contributed by atoms with Crippen LogP contribution in [0.25, 0.3) is 0 Å². The summed E-state index contributed by atoms with van der Waals surface area (Å²) in [6.45, 7) is 0. The third-order valence-electron chi connectivity index (χ3n) is 0. The molecule has 0 unspecified atom stereocenters. The van der Waals surface area contributed by atoms with Crippen LogP contribution < -0.4 is 0 Å². The van der Waals surface area contributed by atoms with Gasteiger partial charge in [0.15, 0.2) is 17.4 Å². The molecule has 28 valence electrons. The summed E-state index contributed by atoms with van der Waals surface area (Å²) in [6, 6.07) is 0. The van der Waals surface area contributed by atoms with Gasteiger partial charge in [-0.1, -0.05) is 0 Å². The van der Waals surface area contributed by atoms with Gasteiger partial charge in [-0.3, -0.25) is 0 Å². The van der Waals surface area contributed by atoms with Crippen molar-refractivity contribution in [2.75, 3.05) is 0 Å². The van der Waals surface area contributed by atoms with Crippen molar-refractivity contribution in [2.24, 2.45) is 0 Å². The van der Waals surface area contributed by atoms with Gasteiger partial charge in [0.2, 0.25) is 0 Å². The molecule has 0 spiro atoms. The molecule has 0 bridgehead atoms. The first-order valence-corrected chi connectivity index (χ1v) is 0. The Bertz CT molecular complexity index is 11.6. The van der Waals surface area contributed by atoms with Crippen LogP contribution in [0.4, 0.5) is 0 Å². The van der Waals surface area contributed by atoms with E-state index >= 15 is 0 Å². The fourth-order valence-corrected chi connectivity index (χ4v) is 0. The molecule has 5 heavy (non-hydrogen) atoms. The van der Waals surface area contributed by atoms with Crippen LogP contribution in [0.2, 0.25) is 0 Å². The smallest absolute Gasteiger partial charge is 0 e. The monoisotopic (exact) mass is 222 g/mol. The molecule has 0 N–H and O–H groups in total. The van der Waals surface area contributed by atoms with Crippen LogP contribution in [-0.4, -0.2) is 106 Å². The second kappa shape index (κ2) is 23.7. The van der Waals surface area contributed by atoms with Gasteiger partial charge in [0.1, 0.15) is 0 Å². The zero-order valence-corrected chi connectivity index (χ0v) is 2.99. The van der Waals surface area contributed by atoms with Crippen molar-refractivity contribution in [3.05, 3.63) is 0 Å². The molecule has 0 amide bonds. The van der Waals surface area contributed by atoms with Crippen molar-refractivity contribution < 1.29 is 33.9 Å². The van der Waals surface area contributed by atoms with Crippen molar-refractivity contribution in [1.29, 1.82) is 0 Å². The minimum absolute atomic E-state index is 0. The van der Waals surface area contributed by atoms with Crippen molar-refractivity contribution in [3.63, 3.8) is 0 Å². The van der Waals surface area contributed by atoms with E-state index < -0.39 is 0 Å². The van der Waals surface area contributed by atoms with Crippen LogP contribution in [-0.2, 0) is 33.9 Å². The maximum atomic E-state index is 0. The second-order valence-corrected chi connectivity index (χ2v) is 0. The Kier molecular flexibility index (Phi) is 161. The van der Waals surface area contributed by atoms with Gasteiger partial charge in [0.25, 0.3) is 0 Å². The summed E-state index contributed by atoms with van der Waals surface area (Å²) in [7, 11) is 0. The van der Waals surface area contributed by atoms with E-state index in [0.717, 1.165) is 0 Å². The van der Waals surface area contributed by atoms with E-state index in [-0.39, 0.29) is 140 Å². The molecule has 0 nitrogen and oxygen atoms in total. The summed E-state index contributed by atoms with van der Waals surface area (Å²) in [6.07, 6.45) is 0. The molecule has 0 saturated heterocycles. The summed E-state index contributed by atoms with van der Waals surface area (Å²) in [4.78, 5) is 0. The number of hydrogen-bond acceptors (Lipinski definition) is 0. The average molecular weight is 223 g/mol. The van der Waals surface area contributed by atoms with Gasteiger partial charge in [-0.15, -0.1) is 0 Å². The fourth-order valence-electron chi connectivity index (χ4n) is 0. The maximum Gasteiger partial charge on any atom is 0 e. The Morgan fingerprint density at radius 1 is 1.00 bits per heavy atom. The molecule has 0 aromatic rings. The summed E-state index contributed by atoms with van der Waals surface area (Å²) in [5, 5.41) is 0. The van der Waals surface area contributed by atoms with E-state index in [1.807, 2.05) is 0 Å². The van der Waals surface area contributed by atoms with Crippen LogP contribution in [0.1, 0.15) is 0 Å². The molecular weight excluding hydrogens is 217 g/mol. The normalized spacial score (nSPS) is 0. The third kappa shape index (κ3) is 17.8. The maximum absolute atomic E-state index is 0. The Balaban J connectivity index is 0. The minimum atomic E-state index is 0. The molecule has 0 rings (SSSR count). The Labute approximate surface area is 136 Å². The van der Waals surface area contributed by atoms with E-state index in [9.17, 15) is 0 Å². The van der Waals surface area contributed by atoms with E-state index in [2.05, 4.69) is 0 Å². The second-order valence-electron chi connectivity index (χ2n) is 0. The largest absolute Gasteiger partial charge is 0 e. The van der Waals surface area contributed by atoms with E-state index in [0.29, 0.717) is 0 Å². The summed E-state index contributed by atoms with van der Waals surface area (Å²) in [5.74, 6) is 0. The molecule has 0 atom stereocenters. The molecule has 0 aromatic heterocycles. The molecule has 0 aromatic carbocycles. The standard InChI is InChI=1S/Al.Ca.Cr.K.Ni.6H. The molecule has 0 fully saturated rings. The topological polar surface area (TPSA) is 0 Å². The average Bonchev–Trinajstić information content (AvgIpc) is 0. The number of hydrogen-bond donors (Lipinski definition) is 0. The molecule has 0 heterocycles. The fraction of sp³-hybridized carbons (Fsp3) is 0. The van der Waals surface area contributed by atoms with Crippen LogP contribution in [0.15, 0.2) is 0 Å². The Morgan fingerprint density at radius 2 is 1.00 bits per heavy atom. The van der Waals surface area contributed by atoms with Gasteiger partial charge < -0.3 is 0 Å². The zero-order valence-electron chi connectivity index (χ0n) is 0.724. The molecule has 0 aliphatic heterocycles. The minimum Gasteiger partial charge on any atom is 0 e. The Hall–Kier alpha value is 4.45. The molecule has 5 heteroatoms. The van der Waals surface area contributed by atoms with Crippen LogP contribution >= 0.6 is 0 Å². The van der Waals surface area contributed by atoms with Crippen LogP contribution in [0, 0.1) is 0 Å². The van der Waals surface area contributed by atoms with Crippen LogP contribution in [0.3, 0.4) is 0 Å². The van der Waals surface area contributed by atoms with Crippen molar-refractivity contribution in [3.8, 4) is 0 Å². The van der Waals surface area contributed by atoms with Gasteiger partial charge in [0, 0.05) is 33.9 Å². The van der Waals surface area contributed by atoms with E-state index in [1.54, 1.807) is 0 Å². The SMILES string of the molecule is [AlH3].[CaH2].[Cr].[KH].[Ni]. The van der Waals surface area contributed by atoms with Crippen molar-refractivity contribution in [2.45, 2.75) is 0 Å². The molecule has 0 aliphatic rings. The predicted octanol–water partition coefficient (Wildman–Crippen LogP) is -2.75. The summed E-state index contributed by atoms with van der Waals surface area (Å²) in [5.41, 5.74) is 0. The molecule has 0 aliphatic carbocycles.